The fraction of sp³-hybridized carbons (Fsp3) is 0.375. The van der Waals surface area contributed by atoms with Gasteiger partial charge in [-0.15, -0.1) is 0 Å². The molecule has 1 saturated heterocycles. The molecule has 5 heteroatoms. The van der Waals surface area contributed by atoms with E-state index in [4.69, 9.17) is 0 Å². The summed E-state index contributed by atoms with van der Waals surface area (Å²) in [7, 11) is 0. The largest absolute Gasteiger partial charge is 0.346 e. The lowest BCUT2D eigenvalue weighted by Crippen LogP contribution is -2.40. The van der Waals surface area contributed by atoms with Gasteiger partial charge in [0.2, 0.25) is 5.43 Å². The number of rotatable bonds is 1. The van der Waals surface area contributed by atoms with Crippen molar-refractivity contribution < 1.29 is 4.79 Å². The number of thioether (sulfide) groups is 1. The predicted octanol–water partition coefficient (Wildman–Crippen LogP) is 1.75. The highest BCUT2D eigenvalue weighted by atomic mass is 32.2. The van der Waals surface area contributed by atoms with Gasteiger partial charge < -0.3 is 9.47 Å². The lowest BCUT2D eigenvalue weighted by molar-refractivity contribution is 0.0770. The van der Waals surface area contributed by atoms with Gasteiger partial charge in [0.15, 0.2) is 0 Å². The van der Waals surface area contributed by atoms with E-state index in [1.165, 1.54) is 5.56 Å². The smallest absolute Gasteiger partial charge is 0.259 e. The highest BCUT2D eigenvalue weighted by Gasteiger charge is 2.24. The minimum Gasteiger partial charge on any atom is -0.346 e. The molecule has 1 aromatic heterocycles. The van der Waals surface area contributed by atoms with Crippen molar-refractivity contribution >= 4 is 28.6 Å². The van der Waals surface area contributed by atoms with Crippen LogP contribution >= 0.6 is 11.8 Å². The van der Waals surface area contributed by atoms with Crippen molar-refractivity contribution in [2.75, 3.05) is 24.6 Å². The number of pyridine rings is 1. The SMILES string of the molecule is O=C(c1cn2c3c(cccc3c1=O)CC2)N1CCSCC1. The lowest BCUT2D eigenvalue weighted by atomic mass is 10.1. The molecule has 2 aliphatic heterocycles. The molecular formula is C16H16N2O2S. The maximum atomic E-state index is 12.7. The number of para-hydroxylation sites is 1. The Hall–Kier alpha value is -1.75. The molecule has 0 radical (unpaired) electrons. The van der Waals surface area contributed by atoms with E-state index < -0.39 is 0 Å². The Kier molecular flexibility index (Phi) is 3.03. The molecule has 2 aliphatic rings. The van der Waals surface area contributed by atoms with Crippen LogP contribution in [0, 0.1) is 0 Å². The third kappa shape index (κ3) is 1.99. The van der Waals surface area contributed by atoms with Gasteiger partial charge in [0, 0.05) is 42.7 Å². The van der Waals surface area contributed by atoms with Gasteiger partial charge in [-0.25, -0.2) is 0 Å². The second kappa shape index (κ2) is 4.91. The Morgan fingerprint density at radius 2 is 1.95 bits per heavy atom. The number of amides is 1. The number of benzene rings is 1. The van der Waals surface area contributed by atoms with Gasteiger partial charge >= 0.3 is 0 Å². The van der Waals surface area contributed by atoms with Gasteiger partial charge in [-0.3, -0.25) is 9.59 Å². The monoisotopic (exact) mass is 300 g/mol. The summed E-state index contributed by atoms with van der Waals surface area (Å²) in [5.41, 5.74) is 2.42. The number of carbonyl (C=O) groups is 1. The molecule has 0 unspecified atom stereocenters. The van der Waals surface area contributed by atoms with E-state index in [-0.39, 0.29) is 11.3 Å². The molecule has 0 N–H and O–H groups in total. The Labute approximate surface area is 126 Å². The van der Waals surface area contributed by atoms with Gasteiger partial charge in [-0.05, 0) is 18.1 Å². The van der Waals surface area contributed by atoms with Crippen LogP contribution in [-0.2, 0) is 13.0 Å². The van der Waals surface area contributed by atoms with E-state index in [9.17, 15) is 9.59 Å². The Morgan fingerprint density at radius 1 is 1.14 bits per heavy atom. The van der Waals surface area contributed by atoms with Crippen LogP contribution in [0.3, 0.4) is 0 Å². The van der Waals surface area contributed by atoms with Crippen molar-refractivity contribution in [1.82, 2.24) is 9.47 Å². The number of aryl methyl sites for hydroxylation is 2. The topological polar surface area (TPSA) is 42.3 Å². The van der Waals surface area contributed by atoms with Gasteiger partial charge in [0.05, 0.1) is 5.52 Å². The maximum Gasteiger partial charge on any atom is 0.259 e. The van der Waals surface area contributed by atoms with Crippen LogP contribution in [0.2, 0.25) is 0 Å². The zero-order valence-electron chi connectivity index (χ0n) is 11.7. The molecule has 4 nitrogen and oxygen atoms in total. The highest BCUT2D eigenvalue weighted by Crippen LogP contribution is 2.24. The lowest BCUT2D eigenvalue weighted by Gasteiger charge is -2.26. The van der Waals surface area contributed by atoms with Gasteiger partial charge in [0.1, 0.15) is 5.56 Å². The summed E-state index contributed by atoms with van der Waals surface area (Å²) >= 11 is 1.86. The first kappa shape index (κ1) is 13.0. The van der Waals surface area contributed by atoms with Crippen molar-refractivity contribution in [2.45, 2.75) is 13.0 Å². The fourth-order valence-corrected chi connectivity index (χ4v) is 4.15. The van der Waals surface area contributed by atoms with E-state index in [0.29, 0.717) is 10.9 Å². The van der Waals surface area contributed by atoms with E-state index in [1.807, 2.05) is 28.8 Å². The van der Waals surface area contributed by atoms with Crippen LogP contribution in [0.5, 0.6) is 0 Å². The molecule has 0 bridgehead atoms. The molecule has 1 amide bonds. The zero-order chi connectivity index (χ0) is 14.4. The fourth-order valence-electron chi connectivity index (χ4n) is 3.25. The zero-order valence-corrected chi connectivity index (χ0v) is 12.5. The Bertz CT molecular complexity index is 791. The van der Waals surface area contributed by atoms with E-state index in [1.54, 1.807) is 6.20 Å². The predicted molar refractivity (Wildman–Crippen MR) is 85.1 cm³/mol. The summed E-state index contributed by atoms with van der Waals surface area (Å²) in [6, 6.07) is 5.82. The third-order valence-corrected chi connectivity index (χ3v) is 5.27. The van der Waals surface area contributed by atoms with Crippen LogP contribution in [0.15, 0.2) is 29.2 Å². The second-order valence-corrected chi connectivity index (χ2v) is 6.76. The molecular weight excluding hydrogens is 284 g/mol. The molecule has 2 aromatic rings. The van der Waals surface area contributed by atoms with E-state index >= 15 is 0 Å². The van der Waals surface area contributed by atoms with Crippen molar-refractivity contribution in [2.24, 2.45) is 0 Å². The standard InChI is InChI=1S/C16H16N2O2S/c19-15-12-3-1-2-11-4-5-18(14(11)12)10-13(15)16(20)17-6-8-21-9-7-17/h1-3,10H,4-9H2. The number of nitrogens with zero attached hydrogens (tertiary/aromatic N) is 2. The van der Waals surface area contributed by atoms with Crippen molar-refractivity contribution in [3.05, 3.63) is 45.7 Å². The van der Waals surface area contributed by atoms with Crippen molar-refractivity contribution in [3.63, 3.8) is 0 Å². The first-order chi connectivity index (χ1) is 10.3. The normalized spacial score (nSPS) is 17.4. The van der Waals surface area contributed by atoms with Crippen LogP contribution in [-0.4, -0.2) is 40.0 Å². The molecule has 0 spiro atoms. The summed E-state index contributed by atoms with van der Waals surface area (Å²) in [6.45, 7) is 2.33. The quantitative estimate of drug-likeness (QED) is 0.806. The minimum absolute atomic E-state index is 0.108. The molecule has 4 rings (SSSR count). The van der Waals surface area contributed by atoms with Gasteiger partial charge in [-0.2, -0.15) is 11.8 Å². The first-order valence-corrected chi connectivity index (χ1v) is 8.43. The number of hydrogen-bond donors (Lipinski definition) is 0. The number of hydrogen-bond acceptors (Lipinski definition) is 3. The highest BCUT2D eigenvalue weighted by molar-refractivity contribution is 7.99. The summed E-state index contributed by atoms with van der Waals surface area (Å²) in [5, 5.41) is 0.683. The van der Waals surface area contributed by atoms with Gasteiger partial charge in [-0.1, -0.05) is 12.1 Å². The maximum absolute atomic E-state index is 12.7. The number of carbonyl (C=O) groups excluding carboxylic acids is 1. The average molecular weight is 300 g/mol. The molecule has 3 heterocycles. The first-order valence-electron chi connectivity index (χ1n) is 7.28. The molecule has 1 fully saturated rings. The third-order valence-electron chi connectivity index (χ3n) is 4.33. The molecule has 0 atom stereocenters. The van der Waals surface area contributed by atoms with Crippen molar-refractivity contribution in [3.8, 4) is 0 Å². The van der Waals surface area contributed by atoms with E-state index in [2.05, 4.69) is 10.6 Å². The second-order valence-electron chi connectivity index (χ2n) is 5.53. The van der Waals surface area contributed by atoms with Crippen LogP contribution in [0.1, 0.15) is 15.9 Å². The average Bonchev–Trinajstić information content (AvgIpc) is 2.95. The summed E-state index contributed by atoms with van der Waals surface area (Å²) in [4.78, 5) is 27.1. The summed E-state index contributed by atoms with van der Waals surface area (Å²) < 4.78 is 2.07. The van der Waals surface area contributed by atoms with E-state index in [0.717, 1.165) is 43.1 Å². The molecule has 0 aliphatic carbocycles. The minimum atomic E-state index is -0.117. The molecule has 1 aromatic carbocycles. The Morgan fingerprint density at radius 3 is 2.76 bits per heavy atom. The Balaban J connectivity index is 1.86. The molecule has 0 saturated carbocycles. The molecule has 108 valence electrons. The summed E-state index contributed by atoms with van der Waals surface area (Å²) in [5.74, 6) is 1.80. The van der Waals surface area contributed by atoms with Crippen molar-refractivity contribution in [1.29, 1.82) is 0 Å². The summed E-state index contributed by atoms with van der Waals surface area (Å²) in [6.07, 6.45) is 2.71. The van der Waals surface area contributed by atoms with Gasteiger partial charge in [0.25, 0.3) is 5.91 Å². The van der Waals surface area contributed by atoms with Crippen LogP contribution < -0.4 is 5.43 Å². The van der Waals surface area contributed by atoms with Crippen LogP contribution in [0.4, 0.5) is 0 Å². The molecule has 21 heavy (non-hydrogen) atoms. The van der Waals surface area contributed by atoms with Crippen LogP contribution in [0.25, 0.3) is 10.9 Å². The number of aromatic nitrogens is 1.